The van der Waals surface area contributed by atoms with Crippen LogP contribution in [0.15, 0.2) is 22.8 Å². The molecule has 2 N–H and O–H groups in total. The summed E-state index contributed by atoms with van der Waals surface area (Å²) >= 11 is 0. The third kappa shape index (κ3) is 4.86. The molecule has 2 atom stereocenters. The Labute approximate surface area is 127 Å². The maximum atomic E-state index is 12.3. The van der Waals surface area contributed by atoms with E-state index in [-0.39, 0.29) is 11.9 Å². The van der Waals surface area contributed by atoms with Gasteiger partial charge in [-0.2, -0.15) is 0 Å². The topological polar surface area (TPSA) is 57.5 Å². The maximum Gasteiger partial charge on any atom is 0.237 e. The minimum absolute atomic E-state index is 0.0593. The summed E-state index contributed by atoms with van der Waals surface area (Å²) in [5.74, 6) is 0.844. The molecule has 0 saturated carbocycles. The van der Waals surface area contributed by atoms with Gasteiger partial charge in [-0.25, -0.2) is 0 Å². The summed E-state index contributed by atoms with van der Waals surface area (Å²) in [5.41, 5.74) is 0. The first-order chi connectivity index (χ1) is 10.2. The first-order valence-electron chi connectivity index (χ1n) is 7.98. The van der Waals surface area contributed by atoms with Gasteiger partial charge in [0.15, 0.2) is 0 Å². The molecular formula is C16H27N3O2. The predicted octanol–water partition coefficient (Wildman–Crippen LogP) is 1.75. The Morgan fingerprint density at radius 2 is 2.43 bits per heavy atom. The lowest BCUT2D eigenvalue weighted by Crippen LogP contribution is -2.51. The lowest BCUT2D eigenvalue weighted by atomic mass is 10.0. The lowest BCUT2D eigenvalue weighted by Gasteiger charge is -2.33. The molecular weight excluding hydrogens is 266 g/mol. The predicted molar refractivity (Wildman–Crippen MR) is 82.9 cm³/mol. The Balaban J connectivity index is 1.80. The molecule has 0 radical (unpaired) electrons. The normalized spacial score (nSPS) is 20.4. The van der Waals surface area contributed by atoms with E-state index < -0.39 is 0 Å². The van der Waals surface area contributed by atoms with Gasteiger partial charge in [0.05, 0.1) is 18.8 Å². The Bertz CT molecular complexity index is 413. The monoisotopic (exact) mass is 293 g/mol. The molecule has 1 aliphatic rings. The summed E-state index contributed by atoms with van der Waals surface area (Å²) in [7, 11) is 0. The van der Waals surface area contributed by atoms with Gasteiger partial charge in [0.2, 0.25) is 5.91 Å². The molecule has 118 valence electrons. The average molecular weight is 293 g/mol. The maximum absolute atomic E-state index is 12.3. The third-order valence-corrected chi connectivity index (χ3v) is 4.22. The summed E-state index contributed by atoms with van der Waals surface area (Å²) in [6.45, 7) is 7.46. The summed E-state index contributed by atoms with van der Waals surface area (Å²) in [6.07, 6.45) is 5.38. The second-order valence-corrected chi connectivity index (χ2v) is 5.71. The number of carbonyl (C=O) groups excluding carboxylic acids is 1. The average Bonchev–Trinajstić information content (AvgIpc) is 3.04. The van der Waals surface area contributed by atoms with Gasteiger partial charge in [-0.3, -0.25) is 9.69 Å². The van der Waals surface area contributed by atoms with Crippen molar-refractivity contribution in [1.82, 2.24) is 15.5 Å². The van der Waals surface area contributed by atoms with Gasteiger partial charge in [-0.05, 0) is 45.0 Å². The van der Waals surface area contributed by atoms with Gasteiger partial charge < -0.3 is 15.1 Å². The van der Waals surface area contributed by atoms with Gasteiger partial charge in [0.25, 0.3) is 0 Å². The molecule has 2 heterocycles. The van der Waals surface area contributed by atoms with Gasteiger partial charge in [0.1, 0.15) is 5.76 Å². The van der Waals surface area contributed by atoms with Crippen LogP contribution in [-0.4, -0.2) is 42.5 Å². The second-order valence-electron chi connectivity index (χ2n) is 5.71. The van der Waals surface area contributed by atoms with Crippen LogP contribution >= 0.6 is 0 Å². The molecule has 1 saturated heterocycles. The van der Waals surface area contributed by atoms with Crippen molar-refractivity contribution in [3.05, 3.63) is 24.2 Å². The summed E-state index contributed by atoms with van der Waals surface area (Å²) in [4.78, 5) is 14.5. The van der Waals surface area contributed by atoms with Crippen LogP contribution in [0.3, 0.4) is 0 Å². The van der Waals surface area contributed by atoms with Crippen molar-refractivity contribution >= 4 is 5.91 Å². The van der Waals surface area contributed by atoms with Crippen LogP contribution in [-0.2, 0) is 11.3 Å². The van der Waals surface area contributed by atoms with Crippen molar-refractivity contribution in [2.45, 2.75) is 51.7 Å². The van der Waals surface area contributed by atoms with Crippen molar-refractivity contribution in [3.63, 3.8) is 0 Å². The summed E-state index contributed by atoms with van der Waals surface area (Å²) < 4.78 is 5.23. The quantitative estimate of drug-likeness (QED) is 0.804. The molecule has 5 heteroatoms. The highest BCUT2D eigenvalue weighted by Gasteiger charge is 2.23. The standard InChI is InChI=1S/C16H27N3O2/c1-3-19(12-14-7-4-5-9-17-14)13(2)16(20)18-11-15-8-6-10-21-15/h6,8,10,13-14,17H,3-5,7,9,11-12H2,1-2H3,(H,18,20). The molecule has 21 heavy (non-hydrogen) atoms. The second kappa shape index (κ2) is 8.20. The highest BCUT2D eigenvalue weighted by Crippen LogP contribution is 2.10. The Morgan fingerprint density at radius 3 is 3.05 bits per heavy atom. The number of nitrogens with one attached hydrogen (secondary N) is 2. The SMILES string of the molecule is CCN(CC1CCCCN1)C(C)C(=O)NCc1ccco1. The van der Waals surface area contributed by atoms with E-state index in [2.05, 4.69) is 22.5 Å². The smallest absolute Gasteiger partial charge is 0.237 e. The van der Waals surface area contributed by atoms with Crippen molar-refractivity contribution in [2.75, 3.05) is 19.6 Å². The molecule has 1 amide bonds. The van der Waals surface area contributed by atoms with Crippen molar-refractivity contribution in [1.29, 1.82) is 0 Å². The van der Waals surface area contributed by atoms with Crippen LogP contribution in [0.1, 0.15) is 38.9 Å². The first-order valence-corrected chi connectivity index (χ1v) is 7.98. The third-order valence-electron chi connectivity index (χ3n) is 4.22. The van der Waals surface area contributed by atoms with E-state index in [9.17, 15) is 4.79 Å². The van der Waals surface area contributed by atoms with Gasteiger partial charge in [-0.1, -0.05) is 13.3 Å². The van der Waals surface area contributed by atoms with Crippen molar-refractivity contribution in [3.8, 4) is 0 Å². The number of nitrogens with zero attached hydrogens (tertiary/aromatic N) is 1. The Kier molecular flexibility index (Phi) is 6.26. The lowest BCUT2D eigenvalue weighted by molar-refractivity contribution is -0.126. The van der Waals surface area contributed by atoms with Gasteiger partial charge >= 0.3 is 0 Å². The van der Waals surface area contributed by atoms with E-state index in [1.54, 1.807) is 6.26 Å². The molecule has 0 aromatic carbocycles. The van der Waals surface area contributed by atoms with E-state index >= 15 is 0 Å². The number of likely N-dealkylation sites (N-methyl/N-ethyl adjacent to an activating group) is 1. The molecule has 1 fully saturated rings. The highest BCUT2D eigenvalue weighted by atomic mass is 16.3. The number of amides is 1. The Morgan fingerprint density at radius 1 is 1.57 bits per heavy atom. The molecule has 5 nitrogen and oxygen atoms in total. The fraction of sp³-hybridized carbons (Fsp3) is 0.688. The number of hydrogen-bond donors (Lipinski definition) is 2. The molecule has 2 rings (SSSR count). The zero-order valence-electron chi connectivity index (χ0n) is 13.1. The van der Waals surface area contributed by atoms with E-state index in [1.807, 2.05) is 19.1 Å². The number of rotatable bonds is 7. The molecule has 1 aromatic rings. The number of furan rings is 1. The zero-order valence-corrected chi connectivity index (χ0v) is 13.1. The fourth-order valence-electron chi connectivity index (χ4n) is 2.82. The highest BCUT2D eigenvalue weighted by molar-refractivity contribution is 5.81. The number of hydrogen-bond acceptors (Lipinski definition) is 4. The Hall–Kier alpha value is -1.33. The van der Waals surface area contributed by atoms with Crippen molar-refractivity contribution < 1.29 is 9.21 Å². The van der Waals surface area contributed by atoms with Crippen LogP contribution in [0.25, 0.3) is 0 Å². The van der Waals surface area contributed by atoms with Crippen molar-refractivity contribution in [2.24, 2.45) is 0 Å². The summed E-state index contributed by atoms with van der Waals surface area (Å²) in [6, 6.07) is 4.10. The fourth-order valence-corrected chi connectivity index (χ4v) is 2.82. The molecule has 0 aliphatic carbocycles. The molecule has 2 unspecified atom stereocenters. The zero-order chi connectivity index (χ0) is 15.1. The minimum atomic E-state index is -0.117. The summed E-state index contributed by atoms with van der Waals surface area (Å²) in [5, 5.41) is 6.49. The number of piperidine rings is 1. The molecule has 1 aliphatic heterocycles. The minimum Gasteiger partial charge on any atom is -0.467 e. The van der Waals surface area contributed by atoms with Crippen LogP contribution in [0, 0.1) is 0 Å². The van der Waals surface area contributed by atoms with Crippen LogP contribution in [0.5, 0.6) is 0 Å². The molecule has 0 bridgehead atoms. The van der Waals surface area contributed by atoms with E-state index in [0.717, 1.165) is 25.4 Å². The largest absolute Gasteiger partial charge is 0.467 e. The van der Waals surface area contributed by atoms with Crippen LogP contribution < -0.4 is 10.6 Å². The first kappa shape index (κ1) is 16.0. The molecule has 0 spiro atoms. The van der Waals surface area contributed by atoms with Gasteiger partial charge in [0, 0.05) is 12.6 Å². The van der Waals surface area contributed by atoms with Gasteiger partial charge in [-0.15, -0.1) is 0 Å². The molecule has 1 aromatic heterocycles. The van der Waals surface area contributed by atoms with E-state index in [1.165, 1.54) is 19.3 Å². The van der Waals surface area contributed by atoms with E-state index in [0.29, 0.717) is 12.6 Å². The van der Waals surface area contributed by atoms with Crippen LogP contribution in [0.4, 0.5) is 0 Å². The van der Waals surface area contributed by atoms with E-state index in [4.69, 9.17) is 4.42 Å². The number of carbonyl (C=O) groups is 1. The van der Waals surface area contributed by atoms with Crippen LogP contribution in [0.2, 0.25) is 0 Å².